The first kappa shape index (κ1) is 18.0. The maximum absolute atomic E-state index is 11.4. The van der Waals surface area contributed by atoms with Crippen molar-refractivity contribution in [3.8, 4) is 11.3 Å². The Hall–Kier alpha value is -2.43. The van der Waals surface area contributed by atoms with Crippen molar-refractivity contribution in [2.24, 2.45) is 5.73 Å². The third kappa shape index (κ3) is 3.09. The van der Waals surface area contributed by atoms with Gasteiger partial charge in [0, 0.05) is 34.0 Å². The highest BCUT2D eigenvalue weighted by Gasteiger charge is 2.40. The summed E-state index contributed by atoms with van der Waals surface area (Å²) in [6.45, 7) is 6.83. The van der Waals surface area contributed by atoms with Crippen LogP contribution in [-0.2, 0) is 12.8 Å². The SMILES string of the molecule is CCC1CCC(C)(C)N1c1nc2c(c(-c3ccc(C(N)=O)cc3)n1)CCC2. The van der Waals surface area contributed by atoms with Crippen LogP contribution in [0.3, 0.4) is 0 Å². The van der Waals surface area contributed by atoms with Crippen LogP contribution >= 0.6 is 0 Å². The Morgan fingerprint density at radius 3 is 2.63 bits per heavy atom. The van der Waals surface area contributed by atoms with E-state index in [0.29, 0.717) is 11.6 Å². The van der Waals surface area contributed by atoms with Gasteiger partial charge in [0.25, 0.3) is 0 Å². The minimum atomic E-state index is -0.403. The highest BCUT2D eigenvalue weighted by atomic mass is 16.1. The molecule has 1 atom stereocenters. The molecule has 0 bridgehead atoms. The predicted octanol–water partition coefficient (Wildman–Crippen LogP) is 3.89. The first-order chi connectivity index (χ1) is 12.9. The van der Waals surface area contributed by atoms with Crippen molar-refractivity contribution >= 4 is 11.9 Å². The Bertz CT molecular complexity index is 873. The second kappa shape index (κ2) is 6.63. The molecule has 2 aromatic rings. The number of fused-ring (bicyclic) bond motifs is 1. The molecule has 1 aromatic carbocycles. The van der Waals surface area contributed by atoms with Crippen LogP contribution in [0.1, 0.15) is 68.1 Å². The smallest absolute Gasteiger partial charge is 0.248 e. The van der Waals surface area contributed by atoms with E-state index in [1.165, 1.54) is 17.7 Å². The molecule has 5 nitrogen and oxygen atoms in total. The Morgan fingerprint density at radius 2 is 1.96 bits per heavy atom. The summed E-state index contributed by atoms with van der Waals surface area (Å²) < 4.78 is 0. The lowest BCUT2D eigenvalue weighted by molar-refractivity contribution is 0.100. The predicted molar refractivity (Wildman–Crippen MR) is 108 cm³/mol. The molecule has 0 saturated carbocycles. The maximum atomic E-state index is 11.4. The second-order valence-corrected chi connectivity index (χ2v) is 8.38. The minimum absolute atomic E-state index is 0.0701. The zero-order valence-electron chi connectivity index (χ0n) is 16.5. The summed E-state index contributed by atoms with van der Waals surface area (Å²) in [5.74, 6) is 0.457. The number of primary amides is 1. The van der Waals surface area contributed by atoms with E-state index in [9.17, 15) is 4.79 Å². The summed E-state index contributed by atoms with van der Waals surface area (Å²) in [4.78, 5) is 23.9. The van der Waals surface area contributed by atoms with Gasteiger partial charge < -0.3 is 10.6 Å². The zero-order valence-corrected chi connectivity index (χ0v) is 16.5. The molecule has 2 N–H and O–H groups in total. The molecule has 2 aliphatic rings. The molecule has 1 unspecified atom stereocenters. The van der Waals surface area contributed by atoms with E-state index in [2.05, 4.69) is 25.7 Å². The molecule has 0 spiro atoms. The molecule has 4 rings (SSSR count). The van der Waals surface area contributed by atoms with Crippen LogP contribution < -0.4 is 10.6 Å². The summed E-state index contributed by atoms with van der Waals surface area (Å²) in [5.41, 5.74) is 10.5. The highest BCUT2D eigenvalue weighted by molar-refractivity contribution is 5.93. The van der Waals surface area contributed by atoms with Crippen molar-refractivity contribution in [2.75, 3.05) is 4.90 Å². The molecule has 0 radical (unpaired) electrons. The van der Waals surface area contributed by atoms with Crippen LogP contribution in [0.4, 0.5) is 5.95 Å². The Labute approximate surface area is 161 Å². The van der Waals surface area contributed by atoms with E-state index >= 15 is 0 Å². The number of carbonyl (C=O) groups excluding carboxylic acids is 1. The topological polar surface area (TPSA) is 72.1 Å². The van der Waals surface area contributed by atoms with E-state index in [-0.39, 0.29) is 5.54 Å². The molecular weight excluding hydrogens is 336 g/mol. The molecule has 142 valence electrons. The molecule has 27 heavy (non-hydrogen) atoms. The molecule has 5 heteroatoms. The van der Waals surface area contributed by atoms with Crippen molar-refractivity contribution < 1.29 is 4.79 Å². The summed E-state index contributed by atoms with van der Waals surface area (Å²) in [6.07, 6.45) is 6.61. The zero-order chi connectivity index (χ0) is 19.2. The lowest BCUT2D eigenvalue weighted by Crippen LogP contribution is -2.44. The quantitative estimate of drug-likeness (QED) is 0.893. The molecule has 1 aliphatic heterocycles. The Balaban J connectivity index is 1.82. The van der Waals surface area contributed by atoms with Gasteiger partial charge in [-0.3, -0.25) is 4.79 Å². The van der Waals surface area contributed by atoms with Crippen molar-refractivity contribution in [1.29, 1.82) is 0 Å². The van der Waals surface area contributed by atoms with E-state index in [1.807, 2.05) is 12.1 Å². The fourth-order valence-corrected chi connectivity index (χ4v) is 4.64. The van der Waals surface area contributed by atoms with Crippen molar-refractivity contribution in [3.63, 3.8) is 0 Å². The Morgan fingerprint density at radius 1 is 1.22 bits per heavy atom. The van der Waals surface area contributed by atoms with Crippen LogP contribution in [0.15, 0.2) is 24.3 Å². The molecule has 1 saturated heterocycles. The van der Waals surface area contributed by atoms with E-state index in [1.54, 1.807) is 12.1 Å². The normalized spacial score (nSPS) is 20.7. The molecule has 1 amide bonds. The van der Waals surface area contributed by atoms with Crippen LogP contribution in [0, 0.1) is 0 Å². The lowest BCUT2D eigenvalue weighted by atomic mass is 10.0. The van der Waals surface area contributed by atoms with Crippen LogP contribution in [-0.4, -0.2) is 27.5 Å². The molecule has 2 heterocycles. The number of rotatable bonds is 4. The number of aromatic nitrogens is 2. The van der Waals surface area contributed by atoms with Gasteiger partial charge in [-0.05, 0) is 64.5 Å². The number of amides is 1. The van der Waals surface area contributed by atoms with Gasteiger partial charge in [0.1, 0.15) is 0 Å². The number of anilines is 1. The maximum Gasteiger partial charge on any atom is 0.248 e. The Kier molecular flexibility index (Phi) is 4.41. The average Bonchev–Trinajstić information content (AvgIpc) is 3.24. The first-order valence-electron chi connectivity index (χ1n) is 10.00. The van der Waals surface area contributed by atoms with Crippen LogP contribution in [0.25, 0.3) is 11.3 Å². The number of hydrogen-bond acceptors (Lipinski definition) is 4. The largest absolute Gasteiger partial charge is 0.366 e. The van der Waals surface area contributed by atoms with Gasteiger partial charge in [0.15, 0.2) is 0 Å². The van der Waals surface area contributed by atoms with Crippen molar-refractivity contribution in [3.05, 3.63) is 41.1 Å². The average molecular weight is 364 g/mol. The van der Waals surface area contributed by atoms with Gasteiger partial charge in [-0.15, -0.1) is 0 Å². The lowest BCUT2D eigenvalue weighted by Gasteiger charge is -2.36. The first-order valence-corrected chi connectivity index (χ1v) is 10.00. The number of nitrogens with zero attached hydrogens (tertiary/aromatic N) is 3. The number of carbonyl (C=O) groups is 1. The van der Waals surface area contributed by atoms with Crippen molar-refractivity contribution in [2.45, 2.75) is 70.9 Å². The molecule has 1 aromatic heterocycles. The number of aryl methyl sites for hydroxylation is 1. The van der Waals surface area contributed by atoms with Crippen molar-refractivity contribution in [1.82, 2.24) is 9.97 Å². The fraction of sp³-hybridized carbons (Fsp3) is 0.500. The summed E-state index contributed by atoms with van der Waals surface area (Å²) in [5, 5.41) is 0. The van der Waals surface area contributed by atoms with Gasteiger partial charge in [-0.2, -0.15) is 0 Å². The second-order valence-electron chi connectivity index (χ2n) is 8.38. The fourth-order valence-electron chi connectivity index (χ4n) is 4.64. The van der Waals surface area contributed by atoms with Gasteiger partial charge in [0.05, 0.1) is 5.69 Å². The summed E-state index contributed by atoms with van der Waals surface area (Å²) in [6, 6.07) is 7.98. The molecule has 1 fully saturated rings. The van der Waals surface area contributed by atoms with Crippen LogP contribution in [0.5, 0.6) is 0 Å². The highest BCUT2D eigenvalue weighted by Crippen LogP contribution is 2.40. The minimum Gasteiger partial charge on any atom is -0.366 e. The number of benzene rings is 1. The van der Waals surface area contributed by atoms with Gasteiger partial charge in [-0.25, -0.2) is 9.97 Å². The number of hydrogen-bond donors (Lipinski definition) is 1. The van der Waals surface area contributed by atoms with Gasteiger partial charge in [0.2, 0.25) is 11.9 Å². The molecule has 1 aliphatic carbocycles. The third-order valence-corrected chi connectivity index (χ3v) is 6.16. The van der Waals surface area contributed by atoms with Gasteiger partial charge >= 0.3 is 0 Å². The van der Waals surface area contributed by atoms with E-state index < -0.39 is 5.91 Å². The third-order valence-electron chi connectivity index (χ3n) is 6.16. The standard InChI is InChI=1S/C22H28N4O/c1-4-16-12-13-22(2,3)26(16)21-24-18-7-5-6-17(18)19(25-21)14-8-10-15(11-9-14)20(23)27/h8-11,16H,4-7,12-13H2,1-3H3,(H2,23,27). The summed E-state index contributed by atoms with van der Waals surface area (Å²) in [7, 11) is 0. The number of nitrogens with two attached hydrogens (primary N) is 1. The summed E-state index contributed by atoms with van der Waals surface area (Å²) >= 11 is 0. The van der Waals surface area contributed by atoms with E-state index in [4.69, 9.17) is 15.7 Å². The van der Waals surface area contributed by atoms with Gasteiger partial charge in [-0.1, -0.05) is 19.1 Å². The van der Waals surface area contributed by atoms with Crippen LogP contribution in [0.2, 0.25) is 0 Å². The molecular formula is C22H28N4O. The van der Waals surface area contributed by atoms with E-state index in [0.717, 1.165) is 49.3 Å². The monoisotopic (exact) mass is 364 g/mol.